The summed E-state index contributed by atoms with van der Waals surface area (Å²) in [7, 11) is -2.96. The van der Waals surface area contributed by atoms with Crippen molar-refractivity contribution < 1.29 is 13.2 Å². The average molecular weight is 271 g/mol. The van der Waals surface area contributed by atoms with E-state index in [0.717, 1.165) is 12.0 Å². The van der Waals surface area contributed by atoms with Gasteiger partial charge in [-0.1, -0.05) is 19.1 Å². The van der Waals surface area contributed by atoms with Gasteiger partial charge in [0, 0.05) is 11.8 Å². The van der Waals surface area contributed by atoms with Crippen molar-refractivity contribution in [2.75, 3.05) is 18.1 Å². The molecule has 0 aliphatic carbocycles. The fourth-order valence-electron chi connectivity index (χ4n) is 1.56. The molecule has 0 aliphatic heterocycles. The van der Waals surface area contributed by atoms with Crippen LogP contribution in [0.4, 0.5) is 0 Å². The Morgan fingerprint density at radius 1 is 1.39 bits per heavy atom. The van der Waals surface area contributed by atoms with Crippen molar-refractivity contribution in [2.24, 2.45) is 5.73 Å². The van der Waals surface area contributed by atoms with E-state index < -0.39 is 9.84 Å². The van der Waals surface area contributed by atoms with Crippen LogP contribution in [0.1, 0.15) is 19.4 Å². The van der Waals surface area contributed by atoms with E-state index in [1.807, 2.05) is 31.2 Å². The molecule has 1 unspecified atom stereocenters. The second-order valence-electron chi connectivity index (χ2n) is 4.41. The van der Waals surface area contributed by atoms with Gasteiger partial charge in [-0.25, -0.2) is 8.42 Å². The second-order valence-corrected chi connectivity index (χ2v) is 6.89. The van der Waals surface area contributed by atoms with Crippen molar-refractivity contribution in [2.45, 2.75) is 26.3 Å². The zero-order valence-corrected chi connectivity index (χ0v) is 11.7. The van der Waals surface area contributed by atoms with Crippen molar-refractivity contribution in [3.8, 4) is 5.75 Å². The van der Waals surface area contributed by atoms with Gasteiger partial charge in [-0.3, -0.25) is 0 Å². The van der Waals surface area contributed by atoms with Crippen LogP contribution in [0.25, 0.3) is 0 Å². The first-order valence-corrected chi connectivity index (χ1v) is 7.93. The Kier molecular flexibility index (Phi) is 5.62. The van der Waals surface area contributed by atoms with Gasteiger partial charge in [0.2, 0.25) is 0 Å². The third-order valence-corrected chi connectivity index (χ3v) is 4.23. The molecule has 5 heteroatoms. The Morgan fingerprint density at radius 2 is 2.11 bits per heavy atom. The van der Waals surface area contributed by atoms with Crippen molar-refractivity contribution in [3.63, 3.8) is 0 Å². The largest absolute Gasteiger partial charge is 0.493 e. The predicted molar refractivity (Wildman–Crippen MR) is 73.6 cm³/mol. The molecule has 0 saturated heterocycles. The summed E-state index contributed by atoms with van der Waals surface area (Å²) in [6.45, 7) is 3.78. The molecule has 1 aromatic carbocycles. The standard InChI is InChI=1S/C13H21NO3S/c1-3-18(15,16)8-7-17-13-6-4-5-12(10-13)9-11(2)14/h4-6,10-11H,3,7-9,14H2,1-2H3. The molecule has 0 heterocycles. The normalized spacial score (nSPS) is 13.3. The smallest absolute Gasteiger partial charge is 0.153 e. The Bertz CT molecular complexity index is 469. The number of sulfone groups is 1. The van der Waals surface area contributed by atoms with E-state index in [1.165, 1.54) is 0 Å². The van der Waals surface area contributed by atoms with E-state index in [9.17, 15) is 8.42 Å². The first kappa shape index (κ1) is 15.0. The first-order chi connectivity index (χ1) is 8.43. The lowest BCUT2D eigenvalue weighted by Gasteiger charge is -2.09. The molecule has 1 rings (SSSR count). The van der Waals surface area contributed by atoms with Crippen LogP contribution in [0, 0.1) is 0 Å². The van der Waals surface area contributed by atoms with Crippen LogP contribution in [0.5, 0.6) is 5.75 Å². The van der Waals surface area contributed by atoms with Gasteiger partial charge < -0.3 is 10.5 Å². The van der Waals surface area contributed by atoms with E-state index in [4.69, 9.17) is 10.5 Å². The molecule has 102 valence electrons. The van der Waals surface area contributed by atoms with Crippen molar-refractivity contribution in [1.29, 1.82) is 0 Å². The summed E-state index contributed by atoms with van der Waals surface area (Å²) in [5.41, 5.74) is 6.83. The summed E-state index contributed by atoms with van der Waals surface area (Å²) >= 11 is 0. The van der Waals surface area contributed by atoms with E-state index in [-0.39, 0.29) is 24.2 Å². The third kappa shape index (κ3) is 5.51. The molecular weight excluding hydrogens is 250 g/mol. The number of hydrogen-bond acceptors (Lipinski definition) is 4. The van der Waals surface area contributed by atoms with Crippen molar-refractivity contribution >= 4 is 9.84 Å². The summed E-state index contributed by atoms with van der Waals surface area (Å²) in [5, 5.41) is 0. The Labute approximate surface area is 109 Å². The van der Waals surface area contributed by atoms with Gasteiger partial charge in [0.1, 0.15) is 12.4 Å². The molecule has 4 nitrogen and oxygen atoms in total. The molecular formula is C13H21NO3S. The number of hydrogen-bond donors (Lipinski definition) is 1. The van der Waals surface area contributed by atoms with Gasteiger partial charge in [-0.05, 0) is 31.0 Å². The van der Waals surface area contributed by atoms with Crippen LogP contribution in [0.15, 0.2) is 24.3 Å². The van der Waals surface area contributed by atoms with E-state index in [2.05, 4.69) is 0 Å². The SMILES string of the molecule is CCS(=O)(=O)CCOc1cccc(CC(C)N)c1. The predicted octanol–water partition coefficient (Wildman–Crippen LogP) is 1.39. The van der Waals surface area contributed by atoms with Gasteiger partial charge in [-0.2, -0.15) is 0 Å². The van der Waals surface area contributed by atoms with Gasteiger partial charge in [0.15, 0.2) is 9.84 Å². The summed E-state index contributed by atoms with van der Waals surface area (Å²) < 4.78 is 28.1. The minimum Gasteiger partial charge on any atom is -0.493 e. The maximum Gasteiger partial charge on any atom is 0.153 e. The van der Waals surface area contributed by atoms with Crippen LogP contribution in [0.3, 0.4) is 0 Å². The summed E-state index contributed by atoms with van der Waals surface area (Å²) in [6, 6.07) is 7.70. The molecule has 0 amide bonds. The van der Waals surface area contributed by atoms with E-state index >= 15 is 0 Å². The van der Waals surface area contributed by atoms with Gasteiger partial charge in [0.05, 0.1) is 5.75 Å². The molecule has 0 aromatic heterocycles. The molecule has 18 heavy (non-hydrogen) atoms. The highest BCUT2D eigenvalue weighted by molar-refractivity contribution is 7.91. The fourth-order valence-corrected chi connectivity index (χ4v) is 2.19. The van der Waals surface area contributed by atoms with E-state index in [0.29, 0.717) is 5.75 Å². The summed E-state index contributed by atoms with van der Waals surface area (Å²) in [6.07, 6.45) is 0.782. The quantitative estimate of drug-likeness (QED) is 0.813. The highest BCUT2D eigenvalue weighted by atomic mass is 32.2. The van der Waals surface area contributed by atoms with Crippen LogP contribution in [-0.2, 0) is 16.3 Å². The zero-order valence-electron chi connectivity index (χ0n) is 10.9. The van der Waals surface area contributed by atoms with Crippen LogP contribution < -0.4 is 10.5 Å². The second kappa shape index (κ2) is 6.75. The van der Waals surface area contributed by atoms with Gasteiger partial charge in [-0.15, -0.1) is 0 Å². The molecule has 0 fully saturated rings. The number of nitrogens with two attached hydrogens (primary N) is 1. The first-order valence-electron chi connectivity index (χ1n) is 6.10. The van der Waals surface area contributed by atoms with Crippen LogP contribution in [-0.4, -0.2) is 32.6 Å². The fraction of sp³-hybridized carbons (Fsp3) is 0.538. The van der Waals surface area contributed by atoms with Crippen molar-refractivity contribution in [3.05, 3.63) is 29.8 Å². The molecule has 1 aromatic rings. The van der Waals surface area contributed by atoms with Crippen molar-refractivity contribution in [1.82, 2.24) is 0 Å². The number of ether oxygens (including phenoxy) is 1. The Balaban J connectivity index is 2.52. The minimum absolute atomic E-state index is 0.0566. The maximum atomic E-state index is 11.3. The lowest BCUT2D eigenvalue weighted by Crippen LogP contribution is -2.18. The van der Waals surface area contributed by atoms with E-state index in [1.54, 1.807) is 6.92 Å². The third-order valence-electron chi connectivity index (χ3n) is 2.56. The van der Waals surface area contributed by atoms with Crippen LogP contribution in [0.2, 0.25) is 0 Å². The summed E-state index contributed by atoms with van der Waals surface area (Å²) in [5.74, 6) is 0.904. The molecule has 2 N–H and O–H groups in total. The lowest BCUT2D eigenvalue weighted by atomic mass is 10.1. The molecule has 0 radical (unpaired) electrons. The summed E-state index contributed by atoms with van der Waals surface area (Å²) in [4.78, 5) is 0. The lowest BCUT2D eigenvalue weighted by molar-refractivity contribution is 0.340. The van der Waals surface area contributed by atoms with Crippen LogP contribution >= 0.6 is 0 Å². The Morgan fingerprint density at radius 3 is 2.72 bits per heavy atom. The highest BCUT2D eigenvalue weighted by Crippen LogP contribution is 2.14. The molecule has 0 saturated carbocycles. The minimum atomic E-state index is -2.96. The monoisotopic (exact) mass is 271 g/mol. The topological polar surface area (TPSA) is 69.4 Å². The molecule has 1 atom stereocenters. The number of benzene rings is 1. The molecule has 0 aliphatic rings. The Hall–Kier alpha value is -1.07. The molecule has 0 spiro atoms. The maximum absolute atomic E-state index is 11.3. The highest BCUT2D eigenvalue weighted by Gasteiger charge is 2.07. The average Bonchev–Trinajstić information content (AvgIpc) is 2.28. The van der Waals surface area contributed by atoms with Gasteiger partial charge in [0.25, 0.3) is 0 Å². The van der Waals surface area contributed by atoms with Gasteiger partial charge >= 0.3 is 0 Å². The molecule has 0 bridgehead atoms. The number of rotatable bonds is 7. The zero-order chi connectivity index (χ0) is 13.6.